The topological polar surface area (TPSA) is 57.7 Å². The van der Waals surface area contributed by atoms with Gasteiger partial charge in [0.1, 0.15) is 6.04 Å². The van der Waals surface area contributed by atoms with Gasteiger partial charge < -0.3 is 4.90 Å². The van der Waals surface area contributed by atoms with Crippen molar-refractivity contribution in [3.8, 4) is 0 Å². The van der Waals surface area contributed by atoms with Gasteiger partial charge in [-0.2, -0.15) is 0 Å². The zero-order chi connectivity index (χ0) is 15.7. The average molecular weight is 300 g/mol. The number of carbonyl (C=O) groups excluding carboxylic acids is 3. The third kappa shape index (κ3) is 2.51. The van der Waals surface area contributed by atoms with E-state index in [0.29, 0.717) is 5.69 Å². The molecule has 3 amide bonds. The minimum atomic E-state index is -0.645. The SMILES string of the molecule is CC(=O)N(C1CCCC1)C1CC(=O)N(c2ccccc2)C1=O. The van der Waals surface area contributed by atoms with E-state index in [1.54, 1.807) is 29.2 Å². The Morgan fingerprint density at radius 1 is 1.14 bits per heavy atom. The van der Waals surface area contributed by atoms with Gasteiger partial charge in [-0.15, -0.1) is 0 Å². The van der Waals surface area contributed by atoms with Gasteiger partial charge in [0.25, 0.3) is 5.91 Å². The first-order valence-corrected chi connectivity index (χ1v) is 7.80. The lowest BCUT2D eigenvalue weighted by Gasteiger charge is -2.32. The van der Waals surface area contributed by atoms with Crippen LogP contribution in [0.1, 0.15) is 39.0 Å². The van der Waals surface area contributed by atoms with Gasteiger partial charge in [0.05, 0.1) is 12.1 Å². The van der Waals surface area contributed by atoms with Crippen molar-refractivity contribution in [1.29, 1.82) is 0 Å². The molecule has 5 heteroatoms. The van der Waals surface area contributed by atoms with E-state index in [4.69, 9.17) is 0 Å². The van der Waals surface area contributed by atoms with E-state index in [1.807, 2.05) is 6.07 Å². The Hall–Kier alpha value is -2.17. The molecule has 3 rings (SSSR count). The fourth-order valence-electron chi connectivity index (χ4n) is 3.60. The lowest BCUT2D eigenvalue weighted by atomic mass is 10.1. The number of nitrogens with zero attached hydrogens (tertiary/aromatic N) is 2. The predicted octanol–water partition coefficient (Wildman–Crippen LogP) is 2.11. The number of amides is 3. The summed E-state index contributed by atoms with van der Waals surface area (Å²) in [6.45, 7) is 1.49. The number of benzene rings is 1. The molecule has 1 atom stereocenters. The van der Waals surface area contributed by atoms with Crippen molar-refractivity contribution in [1.82, 2.24) is 4.90 Å². The first-order chi connectivity index (χ1) is 10.6. The van der Waals surface area contributed by atoms with Gasteiger partial charge in [0.2, 0.25) is 11.8 Å². The molecule has 2 aliphatic rings. The van der Waals surface area contributed by atoms with E-state index in [-0.39, 0.29) is 30.2 Å². The zero-order valence-corrected chi connectivity index (χ0v) is 12.7. The van der Waals surface area contributed by atoms with Gasteiger partial charge in [-0.3, -0.25) is 14.4 Å². The minimum absolute atomic E-state index is 0.0871. The molecule has 1 saturated carbocycles. The number of hydrogen-bond acceptors (Lipinski definition) is 3. The Kier molecular flexibility index (Phi) is 3.96. The number of imide groups is 1. The van der Waals surface area contributed by atoms with E-state index in [9.17, 15) is 14.4 Å². The summed E-state index contributed by atoms with van der Waals surface area (Å²) < 4.78 is 0. The second-order valence-electron chi connectivity index (χ2n) is 5.99. The van der Waals surface area contributed by atoms with Crippen LogP contribution in [0.4, 0.5) is 5.69 Å². The van der Waals surface area contributed by atoms with Crippen LogP contribution in [0.15, 0.2) is 30.3 Å². The molecule has 0 spiro atoms. The molecular formula is C17H20N2O3. The van der Waals surface area contributed by atoms with Gasteiger partial charge in [-0.05, 0) is 25.0 Å². The quantitative estimate of drug-likeness (QED) is 0.803. The van der Waals surface area contributed by atoms with Gasteiger partial charge in [-0.25, -0.2) is 4.90 Å². The molecule has 5 nitrogen and oxygen atoms in total. The smallest absolute Gasteiger partial charge is 0.257 e. The molecule has 116 valence electrons. The van der Waals surface area contributed by atoms with Crippen LogP contribution in [0.2, 0.25) is 0 Å². The van der Waals surface area contributed by atoms with Crippen LogP contribution in [0.5, 0.6) is 0 Å². The number of carbonyl (C=O) groups is 3. The van der Waals surface area contributed by atoms with Crippen LogP contribution < -0.4 is 4.90 Å². The molecule has 1 saturated heterocycles. The van der Waals surface area contributed by atoms with Crippen molar-refractivity contribution in [2.45, 2.75) is 51.1 Å². The first kappa shape index (κ1) is 14.8. The highest BCUT2D eigenvalue weighted by atomic mass is 16.2. The van der Waals surface area contributed by atoms with Crippen LogP contribution in [0.25, 0.3) is 0 Å². The van der Waals surface area contributed by atoms with Crippen molar-refractivity contribution in [2.75, 3.05) is 4.90 Å². The van der Waals surface area contributed by atoms with Crippen molar-refractivity contribution in [3.05, 3.63) is 30.3 Å². The summed E-state index contributed by atoms with van der Waals surface area (Å²) in [5.41, 5.74) is 0.579. The number of hydrogen-bond donors (Lipinski definition) is 0. The summed E-state index contributed by atoms with van der Waals surface area (Å²) >= 11 is 0. The highest BCUT2D eigenvalue weighted by Gasteiger charge is 2.45. The van der Waals surface area contributed by atoms with Crippen molar-refractivity contribution >= 4 is 23.4 Å². The molecule has 0 N–H and O–H groups in total. The Bertz CT molecular complexity index is 593. The van der Waals surface area contributed by atoms with E-state index in [0.717, 1.165) is 25.7 Å². The lowest BCUT2D eigenvalue weighted by molar-refractivity contribution is -0.139. The molecule has 1 unspecified atom stereocenters. The van der Waals surface area contributed by atoms with E-state index < -0.39 is 6.04 Å². The Morgan fingerprint density at radius 2 is 1.77 bits per heavy atom. The summed E-state index contributed by atoms with van der Waals surface area (Å²) in [6, 6.07) is 8.36. The number of para-hydroxylation sites is 1. The number of rotatable bonds is 3. The standard InChI is InChI=1S/C17H20N2O3/c1-12(20)18(13-9-5-6-10-13)15-11-16(21)19(17(15)22)14-7-3-2-4-8-14/h2-4,7-8,13,15H,5-6,9-11H2,1H3. The van der Waals surface area contributed by atoms with E-state index >= 15 is 0 Å². The predicted molar refractivity (Wildman–Crippen MR) is 82.1 cm³/mol. The van der Waals surface area contributed by atoms with E-state index in [1.165, 1.54) is 11.8 Å². The molecule has 1 aliphatic heterocycles. The Morgan fingerprint density at radius 3 is 2.36 bits per heavy atom. The highest BCUT2D eigenvalue weighted by Crippen LogP contribution is 2.31. The van der Waals surface area contributed by atoms with Crippen LogP contribution in [0.3, 0.4) is 0 Å². The van der Waals surface area contributed by atoms with Crippen LogP contribution >= 0.6 is 0 Å². The third-order valence-corrected chi connectivity index (χ3v) is 4.55. The van der Waals surface area contributed by atoms with Crippen molar-refractivity contribution in [3.63, 3.8) is 0 Å². The Balaban J connectivity index is 1.87. The summed E-state index contributed by atoms with van der Waals surface area (Å²) in [4.78, 5) is 40.0. The minimum Gasteiger partial charge on any atom is -0.327 e. The van der Waals surface area contributed by atoms with Gasteiger partial charge in [0, 0.05) is 13.0 Å². The highest BCUT2D eigenvalue weighted by molar-refractivity contribution is 6.23. The second-order valence-corrected chi connectivity index (χ2v) is 5.99. The Labute approximate surface area is 129 Å². The maximum Gasteiger partial charge on any atom is 0.257 e. The summed E-state index contributed by atoms with van der Waals surface area (Å²) in [5.74, 6) is -0.628. The molecule has 1 heterocycles. The molecular weight excluding hydrogens is 280 g/mol. The van der Waals surface area contributed by atoms with Crippen LogP contribution in [0, 0.1) is 0 Å². The molecule has 1 aromatic rings. The van der Waals surface area contributed by atoms with E-state index in [2.05, 4.69) is 0 Å². The maximum absolute atomic E-state index is 12.7. The van der Waals surface area contributed by atoms with Crippen LogP contribution in [-0.2, 0) is 14.4 Å². The van der Waals surface area contributed by atoms with Crippen LogP contribution in [-0.4, -0.2) is 34.7 Å². The summed E-state index contributed by atoms with van der Waals surface area (Å²) in [5, 5.41) is 0. The molecule has 2 fully saturated rings. The lowest BCUT2D eigenvalue weighted by Crippen LogP contribution is -2.49. The van der Waals surface area contributed by atoms with Gasteiger partial charge in [0.15, 0.2) is 0 Å². The molecule has 0 aromatic heterocycles. The summed E-state index contributed by atoms with van der Waals surface area (Å²) in [6.07, 6.45) is 4.08. The van der Waals surface area contributed by atoms with Crippen molar-refractivity contribution < 1.29 is 14.4 Å². The number of anilines is 1. The summed E-state index contributed by atoms with van der Waals surface area (Å²) in [7, 11) is 0. The second kappa shape index (κ2) is 5.91. The van der Waals surface area contributed by atoms with Crippen molar-refractivity contribution in [2.24, 2.45) is 0 Å². The first-order valence-electron chi connectivity index (χ1n) is 7.80. The zero-order valence-electron chi connectivity index (χ0n) is 12.7. The fraction of sp³-hybridized carbons (Fsp3) is 0.471. The van der Waals surface area contributed by atoms with Gasteiger partial charge >= 0.3 is 0 Å². The molecule has 1 aliphatic carbocycles. The van der Waals surface area contributed by atoms with Gasteiger partial charge in [-0.1, -0.05) is 31.0 Å². The maximum atomic E-state index is 12.7. The molecule has 0 bridgehead atoms. The normalized spacial score (nSPS) is 22.4. The largest absolute Gasteiger partial charge is 0.327 e. The third-order valence-electron chi connectivity index (χ3n) is 4.55. The average Bonchev–Trinajstić information content (AvgIpc) is 3.10. The fourth-order valence-corrected chi connectivity index (χ4v) is 3.60. The molecule has 22 heavy (non-hydrogen) atoms. The molecule has 0 radical (unpaired) electrons. The monoisotopic (exact) mass is 300 g/mol. The molecule has 1 aromatic carbocycles.